The summed E-state index contributed by atoms with van der Waals surface area (Å²) in [5.74, 6) is 0.658. The maximum Gasteiger partial charge on any atom is 0.214 e. The van der Waals surface area contributed by atoms with Gasteiger partial charge >= 0.3 is 0 Å². The summed E-state index contributed by atoms with van der Waals surface area (Å²) in [5, 5.41) is 0. The Labute approximate surface area is 119 Å². The number of ether oxygens (including phenoxy) is 1. The lowest BCUT2D eigenvalue weighted by atomic mass is 10.2. The molecular formula is C16H19N3O. The van der Waals surface area contributed by atoms with E-state index in [0.717, 1.165) is 17.9 Å². The zero-order valence-corrected chi connectivity index (χ0v) is 11.6. The van der Waals surface area contributed by atoms with Gasteiger partial charge in [-0.2, -0.15) is 0 Å². The van der Waals surface area contributed by atoms with Crippen LogP contribution in [0.1, 0.15) is 18.4 Å². The van der Waals surface area contributed by atoms with Crippen molar-refractivity contribution < 1.29 is 4.74 Å². The van der Waals surface area contributed by atoms with Gasteiger partial charge in [0.2, 0.25) is 5.88 Å². The highest BCUT2D eigenvalue weighted by molar-refractivity contribution is 5.51. The van der Waals surface area contributed by atoms with Crippen LogP contribution in [-0.2, 0) is 6.54 Å². The maximum atomic E-state index is 5.74. The standard InChI is InChI=1S/C16H19N3O/c1-20-16-10-15(8-9-18-16)19(14-6-7-14)11-12-2-4-13(17)5-3-12/h2-5,8-10,14H,6-7,11,17H2,1H3. The second-order valence-electron chi connectivity index (χ2n) is 5.16. The Kier molecular flexibility index (Phi) is 3.46. The van der Waals surface area contributed by atoms with Crippen molar-refractivity contribution >= 4 is 11.4 Å². The Bertz CT molecular complexity index is 579. The van der Waals surface area contributed by atoms with Gasteiger partial charge in [0.25, 0.3) is 0 Å². The molecule has 4 nitrogen and oxygen atoms in total. The molecule has 4 heteroatoms. The first-order valence-electron chi connectivity index (χ1n) is 6.87. The summed E-state index contributed by atoms with van der Waals surface area (Å²) in [6, 6.07) is 12.7. The molecule has 2 N–H and O–H groups in total. The van der Waals surface area contributed by atoms with Gasteiger partial charge in [0, 0.05) is 36.2 Å². The predicted molar refractivity (Wildman–Crippen MR) is 80.8 cm³/mol. The molecule has 1 heterocycles. The maximum absolute atomic E-state index is 5.74. The molecule has 1 aromatic carbocycles. The normalized spacial score (nSPS) is 14.1. The Morgan fingerprint density at radius 2 is 2.00 bits per heavy atom. The molecule has 0 bridgehead atoms. The van der Waals surface area contributed by atoms with Crippen LogP contribution in [-0.4, -0.2) is 18.1 Å². The SMILES string of the molecule is COc1cc(N(Cc2ccc(N)cc2)C2CC2)ccn1. The summed E-state index contributed by atoms with van der Waals surface area (Å²) in [6.45, 7) is 0.887. The smallest absolute Gasteiger partial charge is 0.214 e. The van der Waals surface area contributed by atoms with E-state index in [1.54, 1.807) is 13.3 Å². The van der Waals surface area contributed by atoms with E-state index in [1.165, 1.54) is 18.4 Å². The number of rotatable bonds is 5. The van der Waals surface area contributed by atoms with E-state index in [2.05, 4.69) is 22.0 Å². The van der Waals surface area contributed by atoms with E-state index in [1.807, 2.05) is 24.3 Å². The van der Waals surface area contributed by atoms with E-state index in [4.69, 9.17) is 10.5 Å². The summed E-state index contributed by atoms with van der Waals surface area (Å²) in [6.07, 6.45) is 4.30. The van der Waals surface area contributed by atoms with Crippen LogP contribution in [0.15, 0.2) is 42.6 Å². The highest BCUT2D eigenvalue weighted by Crippen LogP contribution is 2.34. The monoisotopic (exact) mass is 269 g/mol. The Hall–Kier alpha value is -2.23. The molecule has 1 aliphatic rings. The van der Waals surface area contributed by atoms with Crippen molar-refractivity contribution in [2.24, 2.45) is 0 Å². The summed E-state index contributed by atoms with van der Waals surface area (Å²) >= 11 is 0. The number of benzene rings is 1. The van der Waals surface area contributed by atoms with Crippen molar-refractivity contribution in [1.29, 1.82) is 0 Å². The first-order chi connectivity index (χ1) is 9.76. The van der Waals surface area contributed by atoms with Crippen molar-refractivity contribution in [2.45, 2.75) is 25.4 Å². The molecule has 0 amide bonds. The molecule has 1 aliphatic carbocycles. The molecule has 1 aromatic heterocycles. The molecule has 0 saturated heterocycles. The second-order valence-corrected chi connectivity index (χ2v) is 5.16. The number of nitrogens with zero attached hydrogens (tertiary/aromatic N) is 2. The number of methoxy groups -OCH3 is 1. The third-order valence-electron chi connectivity index (χ3n) is 3.58. The van der Waals surface area contributed by atoms with Crippen molar-refractivity contribution in [3.05, 3.63) is 48.2 Å². The highest BCUT2D eigenvalue weighted by atomic mass is 16.5. The highest BCUT2D eigenvalue weighted by Gasteiger charge is 2.29. The van der Waals surface area contributed by atoms with Crippen LogP contribution in [0.2, 0.25) is 0 Å². The number of aromatic nitrogens is 1. The van der Waals surface area contributed by atoms with E-state index < -0.39 is 0 Å². The molecule has 20 heavy (non-hydrogen) atoms. The number of pyridine rings is 1. The largest absolute Gasteiger partial charge is 0.481 e. The fourth-order valence-electron chi connectivity index (χ4n) is 2.33. The molecule has 2 aromatic rings. The minimum atomic E-state index is 0.625. The van der Waals surface area contributed by atoms with E-state index in [-0.39, 0.29) is 0 Å². The minimum Gasteiger partial charge on any atom is -0.481 e. The third-order valence-corrected chi connectivity index (χ3v) is 3.58. The second kappa shape index (κ2) is 5.41. The molecule has 104 valence electrons. The van der Waals surface area contributed by atoms with E-state index >= 15 is 0 Å². The topological polar surface area (TPSA) is 51.4 Å². The van der Waals surface area contributed by atoms with E-state index in [9.17, 15) is 0 Å². The van der Waals surface area contributed by atoms with Gasteiger partial charge in [0.05, 0.1) is 7.11 Å². The number of anilines is 2. The molecule has 0 spiro atoms. The van der Waals surface area contributed by atoms with Crippen molar-refractivity contribution in [3.8, 4) is 5.88 Å². The van der Waals surface area contributed by atoms with Gasteiger partial charge in [-0.3, -0.25) is 0 Å². The zero-order chi connectivity index (χ0) is 13.9. The Morgan fingerprint density at radius 3 is 2.65 bits per heavy atom. The average molecular weight is 269 g/mol. The lowest BCUT2D eigenvalue weighted by molar-refractivity contribution is 0.398. The Morgan fingerprint density at radius 1 is 1.25 bits per heavy atom. The molecule has 0 unspecified atom stereocenters. The predicted octanol–water partition coefficient (Wildman–Crippen LogP) is 2.84. The van der Waals surface area contributed by atoms with Crippen molar-refractivity contribution in [1.82, 2.24) is 4.98 Å². The molecule has 0 atom stereocenters. The van der Waals surface area contributed by atoms with E-state index in [0.29, 0.717) is 11.9 Å². The van der Waals surface area contributed by atoms with Crippen LogP contribution in [0, 0.1) is 0 Å². The summed E-state index contributed by atoms with van der Waals surface area (Å²) in [7, 11) is 1.65. The van der Waals surface area contributed by atoms with Gasteiger partial charge in [-0.15, -0.1) is 0 Å². The molecule has 1 fully saturated rings. The average Bonchev–Trinajstić information content (AvgIpc) is 3.31. The molecular weight excluding hydrogens is 250 g/mol. The van der Waals surface area contributed by atoms with Crippen LogP contribution in [0.25, 0.3) is 0 Å². The number of nitrogen functional groups attached to an aromatic ring is 1. The first kappa shape index (κ1) is 12.8. The summed E-state index contributed by atoms with van der Waals surface area (Å²) in [4.78, 5) is 6.59. The van der Waals surface area contributed by atoms with Crippen LogP contribution in [0.5, 0.6) is 5.88 Å². The summed E-state index contributed by atoms with van der Waals surface area (Å²) < 4.78 is 5.22. The Balaban J connectivity index is 1.83. The third kappa shape index (κ3) is 2.85. The molecule has 3 rings (SSSR count). The van der Waals surface area contributed by atoms with Gasteiger partial charge < -0.3 is 15.4 Å². The lowest BCUT2D eigenvalue weighted by Gasteiger charge is -2.25. The van der Waals surface area contributed by atoms with Crippen LogP contribution in [0.4, 0.5) is 11.4 Å². The van der Waals surface area contributed by atoms with Crippen molar-refractivity contribution in [2.75, 3.05) is 17.7 Å². The van der Waals surface area contributed by atoms with Crippen molar-refractivity contribution in [3.63, 3.8) is 0 Å². The number of nitrogens with two attached hydrogens (primary N) is 1. The van der Waals surface area contributed by atoms with Gasteiger partial charge in [0.15, 0.2) is 0 Å². The molecule has 0 aliphatic heterocycles. The number of hydrogen-bond acceptors (Lipinski definition) is 4. The fourth-order valence-corrected chi connectivity index (χ4v) is 2.33. The minimum absolute atomic E-state index is 0.625. The van der Waals surface area contributed by atoms with Crippen LogP contribution < -0.4 is 15.4 Å². The molecule has 0 radical (unpaired) electrons. The quantitative estimate of drug-likeness (QED) is 0.848. The van der Waals surface area contributed by atoms with Gasteiger partial charge in [-0.25, -0.2) is 4.98 Å². The number of hydrogen-bond donors (Lipinski definition) is 1. The first-order valence-corrected chi connectivity index (χ1v) is 6.87. The fraction of sp³-hybridized carbons (Fsp3) is 0.312. The van der Waals surface area contributed by atoms with Gasteiger partial charge in [0.1, 0.15) is 0 Å². The van der Waals surface area contributed by atoms with Gasteiger partial charge in [-0.1, -0.05) is 12.1 Å². The zero-order valence-electron chi connectivity index (χ0n) is 11.6. The molecule has 1 saturated carbocycles. The van der Waals surface area contributed by atoms with Crippen LogP contribution in [0.3, 0.4) is 0 Å². The summed E-state index contributed by atoms with van der Waals surface area (Å²) in [5.41, 5.74) is 8.97. The van der Waals surface area contributed by atoms with Crippen LogP contribution >= 0.6 is 0 Å². The van der Waals surface area contributed by atoms with Gasteiger partial charge in [-0.05, 0) is 36.6 Å². The lowest BCUT2D eigenvalue weighted by Crippen LogP contribution is -2.25.